The van der Waals surface area contributed by atoms with Crippen molar-refractivity contribution in [2.24, 2.45) is 0 Å². The van der Waals surface area contributed by atoms with Crippen LogP contribution in [0.3, 0.4) is 0 Å². The largest absolute Gasteiger partial charge is 0.494 e. The maximum atomic E-state index is 11.9. The SMILES string of the molecule is C=C(C)C(=O)CCCCOc1ccc(C(C)(CCC(C)=O)c2ccc(OCCCCC(=O)C(=C)C)cc2)cc1. The van der Waals surface area contributed by atoms with E-state index in [0.717, 1.165) is 48.3 Å². The lowest BCUT2D eigenvalue weighted by Crippen LogP contribution is -2.24. The molecule has 0 heterocycles. The number of carbonyl (C=O) groups excluding carboxylic acids is 3. The molecule has 39 heavy (non-hydrogen) atoms. The maximum Gasteiger partial charge on any atom is 0.157 e. The van der Waals surface area contributed by atoms with Crippen molar-refractivity contribution in [1.82, 2.24) is 0 Å². The molecule has 0 saturated carbocycles. The molecule has 210 valence electrons. The van der Waals surface area contributed by atoms with Gasteiger partial charge in [0.1, 0.15) is 17.3 Å². The Morgan fingerprint density at radius 3 is 1.36 bits per heavy atom. The minimum absolute atomic E-state index is 0.107. The third-order valence-corrected chi connectivity index (χ3v) is 7.05. The van der Waals surface area contributed by atoms with Crippen LogP contribution in [0.1, 0.15) is 90.2 Å². The van der Waals surface area contributed by atoms with Crippen LogP contribution in [0.15, 0.2) is 72.8 Å². The Morgan fingerprint density at radius 1 is 0.641 bits per heavy atom. The zero-order valence-corrected chi connectivity index (χ0v) is 24.1. The molecule has 2 rings (SSSR count). The van der Waals surface area contributed by atoms with Crippen molar-refractivity contribution in [1.29, 1.82) is 0 Å². The normalized spacial score (nSPS) is 11.1. The fraction of sp³-hybridized carbons (Fsp3) is 0.441. The van der Waals surface area contributed by atoms with Crippen molar-refractivity contribution >= 4 is 17.3 Å². The molecule has 5 nitrogen and oxygen atoms in total. The summed E-state index contributed by atoms with van der Waals surface area (Å²) in [7, 11) is 0. The summed E-state index contributed by atoms with van der Waals surface area (Å²) < 4.78 is 11.8. The van der Waals surface area contributed by atoms with Gasteiger partial charge in [-0.3, -0.25) is 9.59 Å². The lowest BCUT2D eigenvalue weighted by atomic mass is 9.72. The minimum atomic E-state index is -0.353. The van der Waals surface area contributed by atoms with E-state index in [1.165, 1.54) is 0 Å². The van der Waals surface area contributed by atoms with Gasteiger partial charge < -0.3 is 14.3 Å². The van der Waals surface area contributed by atoms with E-state index in [1.807, 2.05) is 24.3 Å². The first kappa shape index (κ1) is 31.7. The zero-order chi connectivity index (χ0) is 28.8. The monoisotopic (exact) mass is 532 g/mol. The summed E-state index contributed by atoms with van der Waals surface area (Å²) in [5, 5.41) is 0. The molecule has 0 fully saturated rings. The lowest BCUT2D eigenvalue weighted by Gasteiger charge is -2.31. The van der Waals surface area contributed by atoms with Crippen molar-refractivity contribution in [3.8, 4) is 11.5 Å². The van der Waals surface area contributed by atoms with Crippen molar-refractivity contribution < 1.29 is 23.9 Å². The number of ether oxygens (including phenoxy) is 2. The Kier molecular flexibility index (Phi) is 12.9. The molecule has 0 radical (unpaired) electrons. The molecule has 0 unspecified atom stereocenters. The van der Waals surface area contributed by atoms with Crippen LogP contribution >= 0.6 is 0 Å². The number of hydrogen-bond donors (Lipinski definition) is 0. The number of ketones is 3. The average Bonchev–Trinajstić information content (AvgIpc) is 2.91. The zero-order valence-electron chi connectivity index (χ0n) is 24.1. The van der Waals surface area contributed by atoms with E-state index in [-0.39, 0.29) is 22.8 Å². The lowest BCUT2D eigenvalue weighted by molar-refractivity contribution is -0.117. The van der Waals surface area contributed by atoms with Gasteiger partial charge in [-0.05, 0) is 99.4 Å². The summed E-state index contributed by atoms with van der Waals surface area (Å²) >= 11 is 0. The fourth-order valence-electron chi connectivity index (χ4n) is 4.30. The van der Waals surface area contributed by atoms with E-state index in [4.69, 9.17) is 9.47 Å². The first-order valence-electron chi connectivity index (χ1n) is 13.9. The Balaban J connectivity index is 1.99. The van der Waals surface area contributed by atoms with Gasteiger partial charge in [0, 0.05) is 24.7 Å². The van der Waals surface area contributed by atoms with Crippen LogP contribution in [0.25, 0.3) is 0 Å². The maximum absolute atomic E-state index is 11.9. The molecule has 0 aliphatic carbocycles. The van der Waals surface area contributed by atoms with Crippen LogP contribution in [0.5, 0.6) is 11.5 Å². The van der Waals surface area contributed by atoms with Crippen LogP contribution in [-0.2, 0) is 19.8 Å². The number of hydrogen-bond acceptors (Lipinski definition) is 5. The number of carbonyl (C=O) groups is 3. The summed E-state index contributed by atoms with van der Waals surface area (Å²) in [6.07, 6.45) is 5.35. The quantitative estimate of drug-likeness (QED) is 0.137. The molecule has 0 amide bonds. The van der Waals surface area contributed by atoms with E-state index in [2.05, 4.69) is 44.3 Å². The number of rotatable bonds is 19. The summed E-state index contributed by atoms with van der Waals surface area (Å²) in [5.74, 6) is 1.95. The first-order valence-corrected chi connectivity index (χ1v) is 13.9. The third-order valence-electron chi connectivity index (χ3n) is 7.05. The summed E-state index contributed by atoms with van der Waals surface area (Å²) in [5.41, 5.74) is 3.07. The second-order valence-electron chi connectivity index (χ2n) is 10.6. The van der Waals surface area contributed by atoms with Crippen molar-refractivity contribution in [3.63, 3.8) is 0 Å². The Bertz CT molecular complexity index is 1050. The van der Waals surface area contributed by atoms with Crippen molar-refractivity contribution in [3.05, 3.63) is 84.0 Å². The van der Waals surface area contributed by atoms with Gasteiger partial charge in [-0.25, -0.2) is 0 Å². The average molecular weight is 533 g/mol. The van der Waals surface area contributed by atoms with Crippen LogP contribution < -0.4 is 9.47 Å². The van der Waals surface area contributed by atoms with Gasteiger partial charge in [-0.15, -0.1) is 0 Å². The van der Waals surface area contributed by atoms with Gasteiger partial charge in [0.25, 0.3) is 0 Å². The second-order valence-corrected chi connectivity index (χ2v) is 10.6. The molecule has 0 saturated heterocycles. The molecule has 0 aliphatic rings. The molecule has 0 spiro atoms. The van der Waals surface area contributed by atoms with Crippen LogP contribution in [-0.4, -0.2) is 30.6 Å². The van der Waals surface area contributed by atoms with Crippen LogP contribution in [0.4, 0.5) is 0 Å². The van der Waals surface area contributed by atoms with Crippen molar-refractivity contribution in [2.45, 2.75) is 84.5 Å². The number of unbranched alkanes of at least 4 members (excludes halogenated alkanes) is 2. The highest BCUT2D eigenvalue weighted by molar-refractivity contribution is 5.94. The van der Waals surface area contributed by atoms with E-state index in [9.17, 15) is 14.4 Å². The highest BCUT2D eigenvalue weighted by Crippen LogP contribution is 2.38. The van der Waals surface area contributed by atoms with E-state index < -0.39 is 0 Å². The molecule has 2 aromatic carbocycles. The van der Waals surface area contributed by atoms with Gasteiger partial charge in [-0.2, -0.15) is 0 Å². The Labute approximate surface area is 234 Å². The van der Waals surface area contributed by atoms with E-state index >= 15 is 0 Å². The van der Waals surface area contributed by atoms with Crippen molar-refractivity contribution in [2.75, 3.05) is 13.2 Å². The van der Waals surface area contributed by atoms with Crippen LogP contribution in [0.2, 0.25) is 0 Å². The predicted octanol–water partition coefficient (Wildman–Crippen LogP) is 7.75. The fourth-order valence-corrected chi connectivity index (χ4v) is 4.30. The molecular weight excluding hydrogens is 488 g/mol. The molecule has 0 atom stereocenters. The molecule has 2 aromatic rings. The first-order chi connectivity index (χ1) is 18.5. The summed E-state index contributed by atoms with van der Waals surface area (Å²) in [6, 6.07) is 16.1. The van der Waals surface area contributed by atoms with Crippen LogP contribution in [0, 0.1) is 0 Å². The highest BCUT2D eigenvalue weighted by Gasteiger charge is 2.29. The van der Waals surface area contributed by atoms with E-state index in [1.54, 1.807) is 20.8 Å². The Hall–Kier alpha value is -3.47. The smallest absolute Gasteiger partial charge is 0.157 e. The van der Waals surface area contributed by atoms with Gasteiger partial charge in [-0.1, -0.05) is 44.3 Å². The molecule has 5 heteroatoms. The topological polar surface area (TPSA) is 69.7 Å². The van der Waals surface area contributed by atoms with Gasteiger partial charge in [0.15, 0.2) is 11.6 Å². The predicted molar refractivity (Wildman–Crippen MR) is 158 cm³/mol. The number of benzene rings is 2. The van der Waals surface area contributed by atoms with E-state index in [0.29, 0.717) is 50.0 Å². The number of allylic oxidation sites excluding steroid dienone is 2. The second kappa shape index (κ2) is 15.8. The minimum Gasteiger partial charge on any atom is -0.494 e. The molecule has 0 aromatic heterocycles. The van der Waals surface area contributed by atoms with Gasteiger partial charge in [0.05, 0.1) is 13.2 Å². The molecular formula is C34H44O5. The van der Waals surface area contributed by atoms with Gasteiger partial charge in [0.2, 0.25) is 0 Å². The molecule has 0 N–H and O–H groups in total. The molecule has 0 aliphatic heterocycles. The number of Topliss-reactive ketones (excluding diaryl/α,β-unsaturated/α-hetero) is 3. The molecule has 0 bridgehead atoms. The Morgan fingerprint density at radius 2 is 1.03 bits per heavy atom. The standard InChI is InChI=1S/C34H44O5/c1-25(2)32(36)11-7-9-23-38-30-17-13-28(14-18-30)34(6,22-21-27(5)35)29-15-19-31(20-16-29)39-24-10-8-12-33(37)26(3)4/h13-20H,1,3,7-12,21-24H2,2,4-6H3. The highest BCUT2D eigenvalue weighted by atomic mass is 16.5. The summed E-state index contributed by atoms with van der Waals surface area (Å²) in [6.45, 7) is 15.8. The van der Waals surface area contributed by atoms with Gasteiger partial charge >= 0.3 is 0 Å². The third kappa shape index (κ3) is 10.7. The summed E-state index contributed by atoms with van der Waals surface area (Å²) in [4.78, 5) is 35.2.